The van der Waals surface area contributed by atoms with Crippen molar-refractivity contribution in [1.29, 1.82) is 0 Å². The van der Waals surface area contributed by atoms with E-state index in [0.29, 0.717) is 17.1 Å². The third-order valence-electron chi connectivity index (χ3n) is 2.06. The van der Waals surface area contributed by atoms with Gasteiger partial charge in [-0.1, -0.05) is 0 Å². The van der Waals surface area contributed by atoms with Crippen molar-refractivity contribution in [2.75, 3.05) is 11.5 Å². The maximum Gasteiger partial charge on any atom is 0.167 e. The molecular formula is C12H11FN2O. The molecule has 2 aromatic carbocycles. The van der Waals surface area contributed by atoms with Crippen molar-refractivity contribution < 1.29 is 9.13 Å². The van der Waals surface area contributed by atoms with Crippen LogP contribution in [0, 0.1) is 5.82 Å². The van der Waals surface area contributed by atoms with Crippen LogP contribution >= 0.6 is 0 Å². The first kappa shape index (κ1) is 10.3. The summed E-state index contributed by atoms with van der Waals surface area (Å²) < 4.78 is 18.7. The summed E-state index contributed by atoms with van der Waals surface area (Å²) in [4.78, 5) is 0. The van der Waals surface area contributed by atoms with Crippen molar-refractivity contribution in [2.45, 2.75) is 0 Å². The third kappa shape index (κ3) is 2.23. The van der Waals surface area contributed by atoms with Gasteiger partial charge in [0.1, 0.15) is 5.75 Å². The summed E-state index contributed by atoms with van der Waals surface area (Å²) in [6, 6.07) is 11.0. The van der Waals surface area contributed by atoms with E-state index in [-0.39, 0.29) is 5.75 Å². The highest BCUT2D eigenvalue weighted by molar-refractivity contribution is 5.46. The lowest BCUT2D eigenvalue weighted by Crippen LogP contribution is -1.91. The number of anilines is 2. The zero-order valence-electron chi connectivity index (χ0n) is 8.48. The topological polar surface area (TPSA) is 61.3 Å². The van der Waals surface area contributed by atoms with Crippen molar-refractivity contribution >= 4 is 11.4 Å². The van der Waals surface area contributed by atoms with E-state index in [2.05, 4.69) is 0 Å². The van der Waals surface area contributed by atoms with Gasteiger partial charge in [0.05, 0.1) is 0 Å². The Morgan fingerprint density at radius 3 is 2.12 bits per heavy atom. The van der Waals surface area contributed by atoms with Crippen molar-refractivity contribution in [3.63, 3.8) is 0 Å². The van der Waals surface area contributed by atoms with Gasteiger partial charge in [-0.3, -0.25) is 0 Å². The Balaban J connectivity index is 2.23. The van der Waals surface area contributed by atoms with E-state index in [1.807, 2.05) is 0 Å². The summed E-state index contributed by atoms with van der Waals surface area (Å²) in [5, 5.41) is 0. The van der Waals surface area contributed by atoms with E-state index < -0.39 is 5.82 Å². The lowest BCUT2D eigenvalue weighted by Gasteiger charge is -2.07. The Labute approximate surface area is 92.4 Å². The third-order valence-corrected chi connectivity index (χ3v) is 2.06. The van der Waals surface area contributed by atoms with Crippen LogP contribution in [0.2, 0.25) is 0 Å². The molecule has 0 radical (unpaired) electrons. The lowest BCUT2D eigenvalue weighted by molar-refractivity contribution is 0.442. The van der Waals surface area contributed by atoms with Gasteiger partial charge in [-0.15, -0.1) is 0 Å². The first-order valence-corrected chi connectivity index (χ1v) is 4.73. The van der Waals surface area contributed by atoms with E-state index in [1.54, 1.807) is 30.3 Å². The van der Waals surface area contributed by atoms with Crippen LogP contribution in [-0.4, -0.2) is 0 Å². The molecule has 0 spiro atoms. The summed E-state index contributed by atoms with van der Waals surface area (Å²) in [5.41, 5.74) is 11.9. The second-order valence-electron chi connectivity index (χ2n) is 3.36. The fourth-order valence-electron chi connectivity index (χ4n) is 1.26. The maximum atomic E-state index is 13.4. The minimum Gasteiger partial charge on any atom is -0.454 e. The molecule has 0 unspecified atom stereocenters. The summed E-state index contributed by atoms with van der Waals surface area (Å²) in [7, 11) is 0. The molecule has 0 aliphatic carbocycles. The SMILES string of the molecule is Nc1ccc(Oc2ccc(N)cc2F)cc1. The second kappa shape index (κ2) is 4.10. The van der Waals surface area contributed by atoms with Crippen LogP contribution in [0.15, 0.2) is 42.5 Å². The molecule has 0 aromatic heterocycles. The Morgan fingerprint density at radius 1 is 0.875 bits per heavy atom. The molecule has 0 saturated carbocycles. The number of ether oxygens (including phenoxy) is 1. The lowest BCUT2D eigenvalue weighted by atomic mass is 10.3. The van der Waals surface area contributed by atoms with Crippen LogP contribution in [0.25, 0.3) is 0 Å². The molecule has 0 fully saturated rings. The van der Waals surface area contributed by atoms with Crippen LogP contribution < -0.4 is 16.2 Å². The predicted molar refractivity (Wildman–Crippen MR) is 61.7 cm³/mol. The summed E-state index contributed by atoms with van der Waals surface area (Å²) in [6.07, 6.45) is 0. The van der Waals surface area contributed by atoms with Gasteiger partial charge in [-0.2, -0.15) is 0 Å². The van der Waals surface area contributed by atoms with E-state index in [9.17, 15) is 4.39 Å². The molecular weight excluding hydrogens is 207 g/mol. The molecule has 4 N–H and O–H groups in total. The largest absolute Gasteiger partial charge is 0.454 e. The van der Waals surface area contributed by atoms with Gasteiger partial charge in [-0.05, 0) is 36.4 Å². The minimum absolute atomic E-state index is 0.138. The first-order chi connectivity index (χ1) is 7.65. The van der Waals surface area contributed by atoms with Crippen molar-refractivity contribution in [3.8, 4) is 11.5 Å². The number of nitrogen functional groups attached to an aromatic ring is 2. The number of hydrogen-bond acceptors (Lipinski definition) is 3. The van der Waals surface area contributed by atoms with Crippen molar-refractivity contribution in [3.05, 3.63) is 48.3 Å². The average Bonchev–Trinajstić information content (AvgIpc) is 2.25. The smallest absolute Gasteiger partial charge is 0.167 e. The molecule has 0 aliphatic rings. The normalized spacial score (nSPS) is 10.1. The second-order valence-corrected chi connectivity index (χ2v) is 3.36. The Kier molecular flexibility index (Phi) is 2.64. The molecule has 0 atom stereocenters. The molecule has 2 rings (SSSR count). The van der Waals surface area contributed by atoms with Crippen molar-refractivity contribution in [1.82, 2.24) is 0 Å². The molecule has 4 heteroatoms. The van der Waals surface area contributed by atoms with Crippen LogP contribution in [-0.2, 0) is 0 Å². The zero-order chi connectivity index (χ0) is 11.5. The Bertz CT molecular complexity index is 497. The van der Waals surface area contributed by atoms with Gasteiger partial charge < -0.3 is 16.2 Å². The van der Waals surface area contributed by atoms with E-state index in [4.69, 9.17) is 16.2 Å². The van der Waals surface area contributed by atoms with Gasteiger partial charge in [0.15, 0.2) is 11.6 Å². The quantitative estimate of drug-likeness (QED) is 0.762. The average molecular weight is 218 g/mol. The van der Waals surface area contributed by atoms with Crippen LogP contribution in [0.5, 0.6) is 11.5 Å². The first-order valence-electron chi connectivity index (χ1n) is 4.73. The molecule has 16 heavy (non-hydrogen) atoms. The molecule has 3 nitrogen and oxygen atoms in total. The van der Waals surface area contributed by atoms with Crippen molar-refractivity contribution in [2.24, 2.45) is 0 Å². The van der Waals surface area contributed by atoms with Gasteiger partial charge in [-0.25, -0.2) is 4.39 Å². The maximum absolute atomic E-state index is 13.4. The highest BCUT2D eigenvalue weighted by Crippen LogP contribution is 2.26. The number of hydrogen-bond donors (Lipinski definition) is 2. The fraction of sp³-hybridized carbons (Fsp3) is 0. The number of rotatable bonds is 2. The minimum atomic E-state index is -0.489. The standard InChI is InChI=1S/C12H11FN2O/c13-11-7-9(15)3-6-12(11)16-10-4-1-8(14)2-5-10/h1-7H,14-15H2. The van der Waals surface area contributed by atoms with E-state index >= 15 is 0 Å². The van der Waals surface area contributed by atoms with Gasteiger partial charge >= 0.3 is 0 Å². The Hall–Kier alpha value is -2.23. The summed E-state index contributed by atoms with van der Waals surface area (Å²) in [5.74, 6) is 0.175. The van der Waals surface area contributed by atoms with E-state index in [1.165, 1.54) is 12.1 Å². The number of nitrogens with two attached hydrogens (primary N) is 2. The van der Waals surface area contributed by atoms with Crippen LogP contribution in [0.3, 0.4) is 0 Å². The zero-order valence-corrected chi connectivity index (χ0v) is 8.48. The predicted octanol–water partition coefficient (Wildman–Crippen LogP) is 2.78. The molecule has 0 aliphatic heterocycles. The monoisotopic (exact) mass is 218 g/mol. The molecule has 0 saturated heterocycles. The molecule has 2 aromatic rings. The molecule has 0 heterocycles. The van der Waals surface area contributed by atoms with Gasteiger partial charge in [0, 0.05) is 17.4 Å². The van der Waals surface area contributed by atoms with Gasteiger partial charge in [0.25, 0.3) is 0 Å². The summed E-state index contributed by atoms with van der Waals surface area (Å²) >= 11 is 0. The number of halogens is 1. The molecule has 0 bridgehead atoms. The molecule has 82 valence electrons. The van der Waals surface area contributed by atoms with Gasteiger partial charge in [0.2, 0.25) is 0 Å². The highest BCUT2D eigenvalue weighted by Gasteiger charge is 2.04. The summed E-state index contributed by atoms with van der Waals surface area (Å²) in [6.45, 7) is 0. The van der Waals surface area contributed by atoms with Crippen LogP contribution in [0.1, 0.15) is 0 Å². The highest BCUT2D eigenvalue weighted by atomic mass is 19.1. The van der Waals surface area contributed by atoms with Crippen LogP contribution in [0.4, 0.5) is 15.8 Å². The fourth-order valence-corrected chi connectivity index (χ4v) is 1.26. The Morgan fingerprint density at radius 2 is 1.50 bits per heavy atom. The van der Waals surface area contributed by atoms with E-state index in [0.717, 1.165) is 0 Å². The number of benzene rings is 2. The molecule has 0 amide bonds.